The highest BCUT2D eigenvalue weighted by Gasteiger charge is 2.28. The number of carboxylic acid groups (broad SMARTS) is 1. The third-order valence-electron chi connectivity index (χ3n) is 1.96. The van der Waals surface area contributed by atoms with E-state index in [1.165, 1.54) is 0 Å². The highest BCUT2D eigenvalue weighted by atomic mass is 32.2. The van der Waals surface area contributed by atoms with Gasteiger partial charge in [0.05, 0.1) is 5.75 Å². The number of amides is 2. The fourth-order valence-electron chi connectivity index (χ4n) is 1.39. The summed E-state index contributed by atoms with van der Waals surface area (Å²) in [6.07, 6.45) is 0. The van der Waals surface area contributed by atoms with Crippen LogP contribution in [0.25, 0.3) is 0 Å². The van der Waals surface area contributed by atoms with Crippen molar-refractivity contribution in [3.63, 3.8) is 0 Å². The molecule has 0 saturated heterocycles. The quantitative estimate of drug-likeness (QED) is 0.571. The number of hydrogen-bond acceptors (Lipinski definition) is 5. The Kier molecular flexibility index (Phi) is 6.14. The van der Waals surface area contributed by atoms with Crippen LogP contribution in [0.3, 0.4) is 0 Å². The van der Waals surface area contributed by atoms with Crippen LogP contribution >= 0.6 is 0 Å². The van der Waals surface area contributed by atoms with Crippen LogP contribution in [0, 0.1) is 0 Å². The molecule has 0 aliphatic carbocycles. The van der Waals surface area contributed by atoms with Crippen molar-refractivity contribution in [3.8, 4) is 0 Å². The number of nitrogens with one attached hydrogen (secondary N) is 2. The van der Waals surface area contributed by atoms with Crippen LogP contribution in [0.2, 0.25) is 0 Å². The van der Waals surface area contributed by atoms with Gasteiger partial charge in [-0.05, 0) is 20.8 Å². The van der Waals surface area contributed by atoms with Gasteiger partial charge in [-0.3, -0.25) is 9.59 Å². The van der Waals surface area contributed by atoms with E-state index in [9.17, 15) is 22.8 Å². The van der Waals surface area contributed by atoms with Crippen molar-refractivity contribution in [1.82, 2.24) is 10.6 Å². The Balaban J connectivity index is 4.76. The maximum Gasteiger partial charge on any atom is 0.327 e. The Labute approximate surface area is 117 Å². The Morgan fingerprint density at radius 2 is 1.70 bits per heavy atom. The number of carbonyl (C=O) groups is 3. The molecule has 0 aromatic heterocycles. The van der Waals surface area contributed by atoms with Gasteiger partial charge in [0, 0.05) is 12.5 Å². The second kappa shape index (κ2) is 6.69. The van der Waals surface area contributed by atoms with Crippen LogP contribution in [0.1, 0.15) is 27.7 Å². The number of hydrogen-bond donors (Lipinski definition) is 3. The average Bonchev–Trinajstić information content (AvgIpc) is 2.09. The van der Waals surface area contributed by atoms with Crippen LogP contribution in [-0.4, -0.2) is 54.4 Å². The molecule has 0 radical (unpaired) electrons. The Morgan fingerprint density at radius 1 is 1.20 bits per heavy atom. The zero-order chi connectivity index (χ0) is 16.1. The second-order valence-electron chi connectivity index (χ2n) is 5.44. The largest absolute Gasteiger partial charge is 0.480 e. The van der Waals surface area contributed by atoms with E-state index in [2.05, 4.69) is 5.32 Å². The first-order chi connectivity index (χ1) is 8.82. The van der Waals surface area contributed by atoms with Crippen molar-refractivity contribution in [2.75, 3.05) is 11.5 Å². The molecule has 116 valence electrons. The minimum Gasteiger partial charge on any atom is -0.480 e. The van der Waals surface area contributed by atoms with E-state index in [-0.39, 0.29) is 0 Å². The van der Waals surface area contributed by atoms with E-state index < -0.39 is 50.7 Å². The first-order valence-corrected chi connectivity index (χ1v) is 7.66. The zero-order valence-corrected chi connectivity index (χ0v) is 12.7. The Hall–Kier alpha value is -1.64. The number of aliphatic carboxylic acids is 1. The van der Waals surface area contributed by atoms with Gasteiger partial charge >= 0.3 is 5.97 Å². The highest BCUT2D eigenvalue weighted by Crippen LogP contribution is 2.01. The van der Waals surface area contributed by atoms with Crippen LogP contribution < -0.4 is 10.6 Å². The summed E-state index contributed by atoms with van der Waals surface area (Å²) in [6.45, 7) is 6.15. The van der Waals surface area contributed by atoms with Gasteiger partial charge in [0.15, 0.2) is 9.84 Å². The van der Waals surface area contributed by atoms with E-state index in [0.717, 1.165) is 6.92 Å². The van der Waals surface area contributed by atoms with Crippen LogP contribution in [0.5, 0.6) is 0 Å². The summed E-state index contributed by atoms with van der Waals surface area (Å²) in [7, 11) is -3.95. The maximum atomic E-state index is 11.7. The molecule has 0 saturated carbocycles. The molecular formula is C11H20N2O6S. The molecule has 3 N–H and O–H groups in total. The minimum atomic E-state index is -3.95. The normalized spacial score (nSPS) is 13.4. The van der Waals surface area contributed by atoms with Gasteiger partial charge < -0.3 is 15.7 Å². The van der Waals surface area contributed by atoms with Crippen molar-refractivity contribution >= 4 is 27.6 Å². The molecule has 0 heterocycles. The number of sulfone groups is 1. The topological polar surface area (TPSA) is 130 Å². The highest BCUT2D eigenvalue weighted by molar-refractivity contribution is 7.92. The van der Waals surface area contributed by atoms with E-state index in [0.29, 0.717) is 0 Å². The second-order valence-corrected chi connectivity index (χ2v) is 7.55. The van der Waals surface area contributed by atoms with E-state index >= 15 is 0 Å². The van der Waals surface area contributed by atoms with Gasteiger partial charge in [0.25, 0.3) is 0 Å². The molecule has 0 aliphatic heterocycles. The SMILES string of the molecule is CC(=O)N[C@@H](CS(=O)(=O)CC(=O)NC(C)(C)C)C(=O)O. The first kappa shape index (κ1) is 18.4. The van der Waals surface area contributed by atoms with Crippen molar-refractivity contribution in [2.24, 2.45) is 0 Å². The summed E-state index contributed by atoms with van der Waals surface area (Å²) < 4.78 is 23.5. The summed E-state index contributed by atoms with van der Waals surface area (Å²) in [5, 5.41) is 13.3. The maximum absolute atomic E-state index is 11.7. The lowest BCUT2D eigenvalue weighted by Gasteiger charge is -2.20. The van der Waals surface area contributed by atoms with E-state index in [1.807, 2.05) is 5.32 Å². The lowest BCUT2D eigenvalue weighted by Crippen LogP contribution is -2.47. The van der Waals surface area contributed by atoms with E-state index in [1.54, 1.807) is 20.8 Å². The summed E-state index contributed by atoms with van der Waals surface area (Å²) in [5.74, 6) is -4.51. The Morgan fingerprint density at radius 3 is 2.05 bits per heavy atom. The predicted octanol–water partition coefficient (Wildman–Crippen LogP) is -1.09. The predicted molar refractivity (Wildman–Crippen MR) is 71.8 cm³/mol. The lowest BCUT2D eigenvalue weighted by atomic mass is 10.1. The fourth-order valence-corrected chi connectivity index (χ4v) is 2.71. The van der Waals surface area contributed by atoms with Gasteiger partial charge in [-0.1, -0.05) is 0 Å². The van der Waals surface area contributed by atoms with Crippen molar-refractivity contribution in [1.29, 1.82) is 0 Å². The molecule has 0 aromatic rings. The van der Waals surface area contributed by atoms with Gasteiger partial charge in [-0.25, -0.2) is 13.2 Å². The standard InChI is InChI=1S/C11H20N2O6S/c1-7(14)12-8(10(16)17)5-20(18,19)6-9(15)13-11(2,3)4/h8H,5-6H2,1-4H3,(H,12,14)(H,13,15)(H,16,17)/t8-/m0/s1. The number of rotatable bonds is 6. The molecule has 8 nitrogen and oxygen atoms in total. The third kappa shape index (κ3) is 8.46. The summed E-state index contributed by atoms with van der Waals surface area (Å²) in [5.41, 5.74) is -0.587. The summed E-state index contributed by atoms with van der Waals surface area (Å²) in [4.78, 5) is 33.2. The molecule has 0 rings (SSSR count). The van der Waals surface area contributed by atoms with Gasteiger partial charge in [-0.2, -0.15) is 0 Å². The number of carboxylic acids is 1. The van der Waals surface area contributed by atoms with Crippen LogP contribution in [-0.2, 0) is 24.2 Å². The molecule has 20 heavy (non-hydrogen) atoms. The molecule has 0 fully saturated rings. The monoisotopic (exact) mass is 308 g/mol. The zero-order valence-electron chi connectivity index (χ0n) is 11.9. The van der Waals surface area contributed by atoms with Gasteiger partial charge in [0.2, 0.25) is 11.8 Å². The molecule has 0 aliphatic rings. The molecule has 9 heteroatoms. The smallest absolute Gasteiger partial charge is 0.327 e. The fraction of sp³-hybridized carbons (Fsp3) is 0.727. The minimum absolute atomic E-state index is 0.587. The molecule has 1 atom stereocenters. The van der Waals surface area contributed by atoms with Crippen LogP contribution in [0.15, 0.2) is 0 Å². The third-order valence-corrected chi connectivity index (χ3v) is 3.50. The van der Waals surface area contributed by atoms with Crippen molar-refractivity contribution in [2.45, 2.75) is 39.3 Å². The molecular weight excluding hydrogens is 288 g/mol. The van der Waals surface area contributed by atoms with Gasteiger partial charge in [0.1, 0.15) is 11.8 Å². The van der Waals surface area contributed by atoms with Crippen LogP contribution in [0.4, 0.5) is 0 Å². The average molecular weight is 308 g/mol. The molecule has 0 bridgehead atoms. The lowest BCUT2D eigenvalue weighted by molar-refractivity contribution is -0.140. The first-order valence-electron chi connectivity index (χ1n) is 5.84. The molecule has 0 aromatic carbocycles. The Bertz CT molecular complexity index is 492. The number of carbonyl (C=O) groups excluding carboxylic acids is 2. The van der Waals surface area contributed by atoms with Crippen molar-refractivity contribution < 1.29 is 27.9 Å². The van der Waals surface area contributed by atoms with Gasteiger partial charge in [-0.15, -0.1) is 0 Å². The van der Waals surface area contributed by atoms with Crippen molar-refractivity contribution in [3.05, 3.63) is 0 Å². The molecule has 2 amide bonds. The summed E-state index contributed by atoms with van der Waals surface area (Å²) >= 11 is 0. The molecule has 0 unspecified atom stereocenters. The summed E-state index contributed by atoms with van der Waals surface area (Å²) in [6, 6.07) is -1.57. The van der Waals surface area contributed by atoms with E-state index in [4.69, 9.17) is 5.11 Å². The molecule has 0 spiro atoms.